The van der Waals surface area contributed by atoms with Crippen LogP contribution in [0.4, 0.5) is 5.69 Å². The van der Waals surface area contributed by atoms with Gasteiger partial charge in [0.1, 0.15) is 5.25 Å². The first kappa shape index (κ1) is 15.0. The SMILES string of the molecule is CC(C)(C)c1cccc(N2CC(S(N)(=O)=O)CC2=O)c1. The molecule has 1 aliphatic heterocycles. The highest BCUT2D eigenvalue weighted by Crippen LogP contribution is 2.29. The first-order valence-electron chi connectivity index (χ1n) is 6.51. The van der Waals surface area contributed by atoms with Crippen LogP contribution in [0.5, 0.6) is 0 Å². The molecule has 20 heavy (non-hydrogen) atoms. The Morgan fingerprint density at radius 3 is 2.45 bits per heavy atom. The van der Waals surface area contributed by atoms with Gasteiger partial charge < -0.3 is 4.90 Å². The van der Waals surface area contributed by atoms with E-state index in [0.29, 0.717) is 0 Å². The number of hydrogen-bond acceptors (Lipinski definition) is 3. The quantitative estimate of drug-likeness (QED) is 0.895. The Kier molecular flexibility index (Phi) is 3.64. The third kappa shape index (κ3) is 3.02. The minimum absolute atomic E-state index is 0.0296. The number of amides is 1. The molecule has 1 unspecified atom stereocenters. The molecule has 0 aromatic heterocycles. The van der Waals surface area contributed by atoms with E-state index in [0.717, 1.165) is 11.3 Å². The van der Waals surface area contributed by atoms with E-state index in [-0.39, 0.29) is 24.3 Å². The van der Waals surface area contributed by atoms with Gasteiger partial charge in [0.25, 0.3) is 0 Å². The van der Waals surface area contributed by atoms with Crippen LogP contribution < -0.4 is 10.0 Å². The molecule has 0 spiro atoms. The van der Waals surface area contributed by atoms with Gasteiger partial charge >= 0.3 is 0 Å². The molecule has 0 bridgehead atoms. The number of carbonyl (C=O) groups excluding carboxylic acids is 1. The van der Waals surface area contributed by atoms with Gasteiger partial charge in [0.15, 0.2) is 0 Å². The summed E-state index contributed by atoms with van der Waals surface area (Å²) in [5.41, 5.74) is 1.80. The highest BCUT2D eigenvalue weighted by atomic mass is 32.2. The van der Waals surface area contributed by atoms with E-state index in [1.165, 1.54) is 4.90 Å². The van der Waals surface area contributed by atoms with Gasteiger partial charge in [-0.1, -0.05) is 32.9 Å². The Bertz CT molecular complexity index is 632. The molecular weight excluding hydrogens is 276 g/mol. The molecular formula is C14H20N2O3S. The van der Waals surface area contributed by atoms with Crippen LogP contribution in [-0.2, 0) is 20.2 Å². The maximum atomic E-state index is 12.0. The molecule has 1 aliphatic rings. The zero-order chi connectivity index (χ0) is 15.1. The van der Waals surface area contributed by atoms with Gasteiger partial charge in [0.2, 0.25) is 15.9 Å². The van der Waals surface area contributed by atoms with Crippen LogP contribution in [0.3, 0.4) is 0 Å². The van der Waals surface area contributed by atoms with Gasteiger partial charge in [-0.05, 0) is 23.1 Å². The minimum atomic E-state index is -3.68. The largest absolute Gasteiger partial charge is 0.311 e. The molecule has 2 N–H and O–H groups in total. The summed E-state index contributed by atoms with van der Waals surface area (Å²) in [6.45, 7) is 6.40. The summed E-state index contributed by atoms with van der Waals surface area (Å²) in [5.74, 6) is -0.199. The lowest BCUT2D eigenvalue weighted by Gasteiger charge is -2.23. The smallest absolute Gasteiger partial charge is 0.228 e. The second kappa shape index (κ2) is 4.86. The van der Waals surface area contributed by atoms with Crippen molar-refractivity contribution in [2.24, 2.45) is 5.14 Å². The predicted molar refractivity (Wildman–Crippen MR) is 79.0 cm³/mol. The molecule has 1 fully saturated rings. The molecule has 6 heteroatoms. The van der Waals surface area contributed by atoms with Crippen LogP contribution in [0.25, 0.3) is 0 Å². The van der Waals surface area contributed by atoms with E-state index in [9.17, 15) is 13.2 Å². The molecule has 0 saturated carbocycles. The van der Waals surface area contributed by atoms with Crippen molar-refractivity contribution in [3.63, 3.8) is 0 Å². The normalized spacial score (nSPS) is 20.5. The van der Waals surface area contributed by atoms with Gasteiger partial charge in [-0.15, -0.1) is 0 Å². The fourth-order valence-electron chi connectivity index (χ4n) is 2.28. The fraction of sp³-hybridized carbons (Fsp3) is 0.500. The number of nitrogens with zero attached hydrogens (tertiary/aromatic N) is 1. The molecule has 0 aliphatic carbocycles. The van der Waals surface area contributed by atoms with Gasteiger partial charge in [0, 0.05) is 18.7 Å². The van der Waals surface area contributed by atoms with Crippen molar-refractivity contribution in [3.8, 4) is 0 Å². The first-order valence-corrected chi connectivity index (χ1v) is 8.12. The van der Waals surface area contributed by atoms with E-state index in [2.05, 4.69) is 20.8 Å². The third-order valence-electron chi connectivity index (χ3n) is 3.58. The standard InChI is InChI=1S/C14H20N2O3S/c1-14(2,3)10-5-4-6-11(7-10)16-9-12(8-13(16)17)20(15,18)19/h4-7,12H,8-9H2,1-3H3,(H2,15,18,19). The monoisotopic (exact) mass is 296 g/mol. The molecule has 110 valence electrons. The highest BCUT2D eigenvalue weighted by molar-refractivity contribution is 7.89. The lowest BCUT2D eigenvalue weighted by Crippen LogP contribution is -2.32. The van der Waals surface area contributed by atoms with Gasteiger partial charge in [-0.3, -0.25) is 4.79 Å². The first-order chi connectivity index (χ1) is 9.09. The molecule has 1 amide bonds. The molecule has 2 rings (SSSR count). The number of primary sulfonamides is 1. The van der Waals surface area contributed by atoms with Gasteiger partial charge in [0.05, 0.1) is 0 Å². The summed E-state index contributed by atoms with van der Waals surface area (Å²) < 4.78 is 22.8. The zero-order valence-corrected chi connectivity index (χ0v) is 12.8. The number of benzene rings is 1. The third-order valence-corrected chi connectivity index (χ3v) is 4.82. The van der Waals surface area contributed by atoms with Crippen molar-refractivity contribution in [2.45, 2.75) is 37.9 Å². The molecule has 0 radical (unpaired) electrons. The zero-order valence-electron chi connectivity index (χ0n) is 12.0. The number of carbonyl (C=O) groups is 1. The van der Waals surface area contributed by atoms with E-state index in [1.54, 1.807) is 0 Å². The average Bonchev–Trinajstić information content (AvgIpc) is 2.70. The number of sulfonamides is 1. The molecule has 1 saturated heterocycles. The summed E-state index contributed by atoms with van der Waals surface area (Å²) in [5, 5.41) is 4.32. The number of hydrogen-bond donors (Lipinski definition) is 1. The maximum absolute atomic E-state index is 12.0. The summed E-state index contributed by atoms with van der Waals surface area (Å²) in [4.78, 5) is 13.5. The highest BCUT2D eigenvalue weighted by Gasteiger charge is 2.37. The van der Waals surface area contributed by atoms with E-state index < -0.39 is 15.3 Å². The molecule has 1 aromatic carbocycles. The van der Waals surface area contributed by atoms with Crippen molar-refractivity contribution < 1.29 is 13.2 Å². The summed E-state index contributed by atoms with van der Waals surface area (Å²) in [6.07, 6.45) is -0.0431. The molecule has 1 heterocycles. The Balaban J connectivity index is 2.32. The van der Waals surface area contributed by atoms with Crippen LogP contribution in [0, 0.1) is 0 Å². The summed E-state index contributed by atoms with van der Waals surface area (Å²) in [6, 6.07) is 7.64. The molecule has 1 aromatic rings. The predicted octanol–water partition coefficient (Wildman–Crippen LogP) is 1.38. The lowest BCUT2D eigenvalue weighted by molar-refractivity contribution is -0.117. The van der Waals surface area contributed by atoms with Crippen LogP contribution >= 0.6 is 0 Å². The van der Waals surface area contributed by atoms with Crippen LogP contribution in [0.1, 0.15) is 32.8 Å². The van der Waals surface area contributed by atoms with Crippen molar-refractivity contribution in [2.75, 3.05) is 11.4 Å². The summed E-state index contributed by atoms with van der Waals surface area (Å²) >= 11 is 0. The Hall–Kier alpha value is -1.40. The number of anilines is 1. The second-order valence-corrected chi connectivity index (χ2v) is 8.06. The van der Waals surface area contributed by atoms with Gasteiger partial charge in [-0.25, -0.2) is 13.6 Å². The van der Waals surface area contributed by atoms with Crippen molar-refractivity contribution in [3.05, 3.63) is 29.8 Å². The molecule has 5 nitrogen and oxygen atoms in total. The fourth-order valence-corrected chi connectivity index (χ4v) is 3.02. The van der Waals surface area contributed by atoms with E-state index in [1.807, 2.05) is 24.3 Å². The second-order valence-electron chi connectivity index (χ2n) is 6.22. The minimum Gasteiger partial charge on any atom is -0.311 e. The number of rotatable bonds is 2. The van der Waals surface area contributed by atoms with Crippen molar-refractivity contribution in [1.82, 2.24) is 0 Å². The van der Waals surface area contributed by atoms with Crippen LogP contribution in [-0.4, -0.2) is 26.1 Å². The van der Waals surface area contributed by atoms with E-state index >= 15 is 0 Å². The summed E-state index contributed by atoms with van der Waals surface area (Å²) in [7, 11) is -3.68. The Labute approximate surface area is 119 Å². The van der Waals surface area contributed by atoms with Crippen molar-refractivity contribution in [1.29, 1.82) is 0 Å². The van der Waals surface area contributed by atoms with Gasteiger partial charge in [-0.2, -0.15) is 0 Å². The van der Waals surface area contributed by atoms with Crippen LogP contribution in [0.15, 0.2) is 24.3 Å². The Morgan fingerprint density at radius 2 is 1.95 bits per heavy atom. The average molecular weight is 296 g/mol. The lowest BCUT2D eigenvalue weighted by atomic mass is 9.87. The van der Waals surface area contributed by atoms with E-state index in [4.69, 9.17) is 5.14 Å². The maximum Gasteiger partial charge on any atom is 0.228 e. The number of nitrogens with two attached hydrogens (primary N) is 1. The Morgan fingerprint density at radius 1 is 1.30 bits per heavy atom. The topological polar surface area (TPSA) is 80.5 Å². The van der Waals surface area contributed by atoms with Crippen LogP contribution in [0.2, 0.25) is 0 Å². The van der Waals surface area contributed by atoms with Crippen molar-refractivity contribution >= 4 is 21.6 Å². The molecule has 1 atom stereocenters.